The van der Waals surface area contributed by atoms with Crippen molar-refractivity contribution in [2.45, 2.75) is 0 Å². The first-order chi connectivity index (χ1) is 4.84. The van der Waals surface area contributed by atoms with Crippen molar-refractivity contribution in [3.05, 3.63) is 35.9 Å². The van der Waals surface area contributed by atoms with Gasteiger partial charge in [-0.05, 0) is 0 Å². The van der Waals surface area contributed by atoms with Gasteiger partial charge in [-0.2, -0.15) is 0 Å². The largest absolute Gasteiger partial charge is 0.415 e. The molecule has 0 aliphatic rings. The molecule has 0 N–H and O–H groups in total. The average Bonchev–Trinajstić information content (AvgIpc) is 2.05. The van der Waals surface area contributed by atoms with Gasteiger partial charge in [-0.3, -0.25) is 0 Å². The van der Waals surface area contributed by atoms with Crippen LogP contribution in [-0.4, -0.2) is 12.1 Å². The number of rotatable bonds is 2. The maximum Gasteiger partial charge on any atom is 0.0585 e. The summed E-state index contributed by atoms with van der Waals surface area (Å²) < 4.78 is 0. The Morgan fingerprint density at radius 1 is 1.20 bits per heavy atom. The second kappa shape index (κ2) is 2.92. The van der Waals surface area contributed by atoms with Crippen molar-refractivity contribution in [3.8, 4) is 0 Å². The maximum atomic E-state index is 10.6. The highest BCUT2D eigenvalue weighted by atomic mass is 16.2. The van der Waals surface area contributed by atoms with Gasteiger partial charge in [-0.15, -0.1) is 17.7 Å². The Labute approximate surface area is 58.5 Å². The van der Waals surface area contributed by atoms with Gasteiger partial charge in [-0.25, -0.2) is 0 Å². The molecule has 0 aliphatic heterocycles. The molecule has 0 amide bonds. The fourth-order valence-corrected chi connectivity index (χ4v) is 0.648. The number of carbonyl (C=O) groups is 1. The summed E-state index contributed by atoms with van der Waals surface area (Å²) in [6, 6.07) is 8.33. The Hall–Kier alpha value is -1.44. The molecule has 2 nitrogen and oxygen atoms in total. The van der Waals surface area contributed by atoms with E-state index in [2.05, 4.69) is 0 Å². The van der Waals surface area contributed by atoms with Crippen molar-refractivity contribution in [2.24, 2.45) is 0 Å². The molecule has 1 rings (SSSR count). The average molecular weight is 133 g/mol. The Bertz CT molecular complexity index is 239. The zero-order valence-corrected chi connectivity index (χ0v) is 5.20. The zero-order chi connectivity index (χ0) is 7.40. The molecule has 0 fully saturated rings. The van der Waals surface area contributed by atoms with E-state index in [1.165, 1.54) is 6.29 Å². The van der Waals surface area contributed by atoms with Crippen molar-refractivity contribution in [2.75, 3.05) is 0 Å². The lowest BCUT2D eigenvalue weighted by Gasteiger charge is -1.99. The number of hydrogen-bond acceptors (Lipinski definition) is 2. The Morgan fingerprint density at radius 2 is 1.80 bits per heavy atom. The first-order valence-corrected chi connectivity index (χ1v) is 2.82. The fourth-order valence-electron chi connectivity index (χ4n) is 0.648. The van der Waals surface area contributed by atoms with Crippen molar-refractivity contribution >= 4 is 12.1 Å². The molecule has 1 aromatic rings. The lowest BCUT2D eigenvalue weighted by molar-refractivity contribution is 0.106. The topological polar surface area (TPSA) is 34.1 Å². The van der Waals surface area contributed by atoms with Gasteiger partial charge in [0.1, 0.15) is 0 Å². The zero-order valence-electron chi connectivity index (χ0n) is 5.20. The number of ketones is 1. The number of Topliss-reactive ketones (excluding diaryl/α,β-unsaturated/α-hetero) is 1. The Morgan fingerprint density at radius 3 is 2.30 bits per heavy atom. The number of benzene rings is 1. The van der Waals surface area contributed by atoms with Crippen LogP contribution in [0.3, 0.4) is 0 Å². The smallest absolute Gasteiger partial charge is 0.0585 e. The van der Waals surface area contributed by atoms with Crippen LogP contribution in [0.4, 0.5) is 0 Å². The van der Waals surface area contributed by atoms with Crippen LogP contribution in [0.1, 0.15) is 10.4 Å². The van der Waals surface area contributed by atoms with Gasteiger partial charge in [0.2, 0.25) is 0 Å². The number of hydrogen-bond donors (Lipinski definition) is 0. The standard InChI is InChI=1S/C8H5O2/c9-6-8(10)7-4-2-1-3-5-7/h1-5H/q-1. The first kappa shape index (κ1) is 6.68. The highest BCUT2D eigenvalue weighted by molar-refractivity contribution is 6.33. The van der Waals surface area contributed by atoms with Crippen molar-refractivity contribution in [3.63, 3.8) is 0 Å². The van der Waals surface area contributed by atoms with Gasteiger partial charge in [0.25, 0.3) is 0 Å². The number of carbonyl (C=O) groups excluding carboxylic acids is 2. The predicted octanol–water partition coefficient (Wildman–Crippen LogP) is 0.979. The molecule has 0 spiro atoms. The van der Waals surface area contributed by atoms with Crippen molar-refractivity contribution in [1.29, 1.82) is 0 Å². The molecule has 1 aromatic carbocycles. The molecular formula is C8H5O2-. The summed E-state index contributed by atoms with van der Waals surface area (Å²) in [5, 5.41) is 0. The monoisotopic (exact) mass is 133 g/mol. The molecule has 0 radical (unpaired) electrons. The van der Waals surface area contributed by atoms with Crippen LogP contribution in [0.2, 0.25) is 0 Å². The quantitative estimate of drug-likeness (QED) is 0.342. The van der Waals surface area contributed by atoms with E-state index in [0.717, 1.165) is 0 Å². The third-order valence-electron chi connectivity index (χ3n) is 1.13. The molecule has 0 unspecified atom stereocenters. The molecule has 0 saturated heterocycles. The van der Waals surface area contributed by atoms with Crippen LogP contribution in [0, 0.1) is 0 Å². The highest BCUT2D eigenvalue weighted by Gasteiger charge is 1.86. The molecular weight excluding hydrogens is 128 g/mol. The summed E-state index contributed by atoms with van der Waals surface area (Å²) in [6.07, 6.45) is 1.29. The molecule has 50 valence electrons. The van der Waals surface area contributed by atoms with Gasteiger partial charge in [0.05, 0.1) is 5.78 Å². The predicted molar refractivity (Wildman–Crippen MR) is 36.5 cm³/mol. The van der Waals surface area contributed by atoms with E-state index in [-0.39, 0.29) is 0 Å². The summed E-state index contributed by atoms with van der Waals surface area (Å²) in [5.74, 6) is -0.597. The molecule has 0 aliphatic carbocycles. The molecule has 0 aromatic heterocycles. The summed E-state index contributed by atoms with van der Waals surface area (Å²) in [6.45, 7) is 0. The molecule has 10 heavy (non-hydrogen) atoms. The van der Waals surface area contributed by atoms with Gasteiger partial charge >= 0.3 is 0 Å². The summed E-state index contributed by atoms with van der Waals surface area (Å²) in [5.41, 5.74) is 0.387. The van der Waals surface area contributed by atoms with Gasteiger partial charge < -0.3 is 9.59 Å². The normalized spacial score (nSPS) is 8.80. The minimum absolute atomic E-state index is 0.387. The SMILES string of the molecule is O=[C-]C(=O)c1ccccc1. The fraction of sp³-hybridized carbons (Fsp3) is 0. The minimum atomic E-state index is -0.597. The summed E-state index contributed by atoms with van der Waals surface area (Å²) >= 11 is 0. The Kier molecular flexibility index (Phi) is 1.95. The lowest BCUT2D eigenvalue weighted by Crippen LogP contribution is -1.97. The van der Waals surface area contributed by atoms with Crippen LogP contribution < -0.4 is 0 Å². The van der Waals surface area contributed by atoms with Crippen LogP contribution in [0.25, 0.3) is 0 Å². The van der Waals surface area contributed by atoms with Crippen LogP contribution in [0.5, 0.6) is 0 Å². The van der Waals surface area contributed by atoms with Crippen LogP contribution in [-0.2, 0) is 4.79 Å². The van der Waals surface area contributed by atoms with Gasteiger partial charge in [0, 0.05) is 6.29 Å². The van der Waals surface area contributed by atoms with E-state index >= 15 is 0 Å². The van der Waals surface area contributed by atoms with Crippen molar-refractivity contribution < 1.29 is 9.59 Å². The summed E-state index contributed by atoms with van der Waals surface area (Å²) in [4.78, 5) is 20.4. The van der Waals surface area contributed by atoms with Crippen LogP contribution >= 0.6 is 0 Å². The second-order valence-corrected chi connectivity index (χ2v) is 1.80. The van der Waals surface area contributed by atoms with E-state index in [1.54, 1.807) is 30.3 Å². The molecule has 2 heteroatoms. The van der Waals surface area contributed by atoms with Crippen LogP contribution in [0.15, 0.2) is 30.3 Å². The maximum absolute atomic E-state index is 10.6. The molecule has 0 heterocycles. The van der Waals surface area contributed by atoms with E-state index < -0.39 is 5.78 Å². The highest BCUT2D eigenvalue weighted by Crippen LogP contribution is 1.96. The van der Waals surface area contributed by atoms with Gasteiger partial charge in [0.15, 0.2) is 0 Å². The third-order valence-corrected chi connectivity index (χ3v) is 1.13. The van der Waals surface area contributed by atoms with Crippen molar-refractivity contribution in [1.82, 2.24) is 0 Å². The lowest BCUT2D eigenvalue weighted by atomic mass is 10.1. The van der Waals surface area contributed by atoms with E-state index in [0.29, 0.717) is 5.56 Å². The first-order valence-electron chi connectivity index (χ1n) is 2.82. The molecule has 0 bridgehead atoms. The summed E-state index contributed by atoms with van der Waals surface area (Å²) in [7, 11) is 0. The van der Waals surface area contributed by atoms with Gasteiger partial charge in [-0.1, -0.05) is 18.2 Å². The molecule has 0 atom stereocenters. The Balaban J connectivity index is 2.95. The van der Waals surface area contributed by atoms with E-state index in [4.69, 9.17) is 0 Å². The second-order valence-electron chi connectivity index (χ2n) is 1.80. The van der Waals surface area contributed by atoms with E-state index in [1.807, 2.05) is 0 Å². The third kappa shape index (κ3) is 1.29. The molecule has 0 saturated carbocycles. The minimum Gasteiger partial charge on any atom is -0.415 e. The van der Waals surface area contributed by atoms with E-state index in [9.17, 15) is 9.59 Å².